The van der Waals surface area contributed by atoms with Gasteiger partial charge in [-0.15, -0.1) is 0 Å². The van der Waals surface area contributed by atoms with E-state index in [4.69, 9.17) is 5.73 Å². The Morgan fingerprint density at radius 3 is 2.45 bits per heavy atom. The van der Waals surface area contributed by atoms with Crippen LogP contribution in [0.3, 0.4) is 0 Å². The van der Waals surface area contributed by atoms with Crippen molar-refractivity contribution in [1.82, 2.24) is 4.90 Å². The van der Waals surface area contributed by atoms with Crippen LogP contribution in [0.5, 0.6) is 0 Å². The van der Waals surface area contributed by atoms with Crippen molar-refractivity contribution < 1.29 is 5.11 Å². The first-order valence-corrected chi connectivity index (χ1v) is 7.80. The maximum Gasteiger partial charge on any atom is 0.114 e. The first kappa shape index (κ1) is 15.5. The molecular formula is C17H28N2O. The number of benzene rings is 1. The van der Waals surface area contributed by atoms with Crippen LogP contribution in [0.25, 0.3) is 0 Å². The van der Waals surface area contributed by atoms with E-state index in [-0.39, 0.29) is 6.54 Å². The molecule has 0 spiro atoms. The summed E-state index contributed by atoms with van der Waals surface area (Å²) in [6.07, 6.45) is 6.77. The summed E-state index contributed by atoms with van der Waals surface area (Å²) in [6, 6.07) is 9.79. The van der Waals surface area contributed by atoms with Gasteiger partial charge in [-0.2, -0.15) is 0 Å². The minimum Gasteiger partial charge on any atom is -0.382 e. The molecule has 1 fully saturated rings. The number of likely N-dealkylation sites (N-methyl/N-ethyl adjacent to an activating group) is 1. The molecule has 0 heterocycles. The molecule has 0 radical (unpaired) electrons. The van der Waals surface area contributed by atoms with E-state index in [1.54, 1.807) is 0 Å². The van der Waals surface area contributed by atoms with Crippen molar-refractivity contribution in [2.75, 3.05) is 26.7 Å². The van der Waals surface area contributed by atoms with Gasteiger partial charge in [0.1, 0.15) is 5.60 Å². The van der Waals surface area contributed by atoms with Gasteiger partial charge in [0.15, 0.2) is 0 Å². The van der Waals surface area contributed by atoms with E-state index >= 15 is 0 Å². The predicted octanol–water partition coefficient (Wildman–Crippen LogP) is 2.34. The molecule has 20 heavy (non-hydrogen) atoms. The molecule has 2 rings (SSSR count). The first-order chi connectivity index (χ1) is 9.64. The lowest BCUT2D eigenvalue weighted by atomic mass is 9.88. The van der Waals surface area contributed by atoms with Crippen LogP contribution in [0.1, 0.15) is 37.7 Å². The van der Waals surface area contributed by atoms with Gasteiger partial charge in [0, 0.05) is 19.6 Å². The van der Waals surface area contributed by atoms with Crippen LogP contribution in [0.2, 0.25) is 0 Å². The molecule has 1 unspecified atom stereocenters. The summed E-state index contributed by atoms with van der Waals surface area (Å²) in [5.41, 5.74) is 5.82. The second-order valence-corrected chi connectivity index (χ2v) is 6.30. The molecule has 1 aliphatic carbocycles. The van der Waals surface area contributed by atoms with Crippen LogP contribution in [0.4, 0.5) is 0 Å². The third-order valence-corrected chi connectivity index (χ3v) is 4.47. The van der Waals surface area contributed by atoms with E-state index in [0.717, 1.165) is 18.0 Å². The average Bonchev–Trinajstić information content (AvgIpc) is 2.49. The average molecular weight is 276 g/mol. The van der Waals surface area contributed by atoms with E-state index in [1.165, 1.54) is 32.1 Å². The van der Waals surface area contributed by atoms with E-state index in [1.807, 2.05) is 30.3 Å². The third kappa shape index (κ3) is 4.05. The van der Waals surface area contributed by atoms with Crippen molar-refractivity contribution in [3.05, 3.63) is 35.9 Å². The molecule has 0 amide bonds. The number of rotatable bonds is 6. The minimum atomic E-state index is -0.940. The third-order valence-electron chi connectivity index (χ3n) is 4.47. The fraction of sp³-hybridized carbons (Fsp3) is 0.647. The summed E-state index contributed by atoms with van der Waals surface area (Å²) >= 11 is 0. The SMILES string of the molecule is CN(CC1CCCCC1)CC(O)(CN)c1ccccc1. The van der Waals surface area contributed by atoms with E-state index in [0.29, 0.717) is 6.54 Å². The van der Waals surface area contributed by atoms with Crippen molar-refractivity contribution in [1.29, 1.82) is 0 Å². The summed E-state index contributed by atoms with van der Waals surface area (Å²) in [5.74, 6) is 0.784. The number of hydrogen-bond donors (Lipinski definition) is 2. The summed E-state index contributed by atoms with van der Waals surface area (Å²) in [7, 11) is 2.10. The highest BCUT2D eigenvalue weighted by atomic mass is 16.3. The highest BCUT2D eigenvalue weighted by molar-refractivity contribution is 5.23. The smallest absolute Gasteiger partial charge is 0.114 e. The second-order valence-electron chi connectivity index (χ2n) is 6.30. The zero-order valence-electron chi connectivity index (χ0n) is 12.6. The highest BCUT2D eigenvalue weighted by Gasteiger charge is 2.29. The van der Waals surface area contributed by atoms with Gasteiger partial charge < -0.3 is 15.7 Å². The van der Waals surface area contributed by atoms with Crippen LogP contribution >= 0.6 is 0 Å². The minimum absolute atomic E-state index is 0.256. The normalized spacial score (nSPS) is 20.0. The highest BCUT2D eigenvalue weighted by Crippen LogP contribution is 2.26. The van der Waals surface area contributed by atoms with Gasteiger partial charge in [-0.3, -0.25) is 0 Å². The van der Waals surface area contributed by atoms with Crippen LogP contribution in [0.15, 0.2) is 30.3 Å². The molecule has 0 bridgehead atoms. The van der Waals surface area contributed by atoms with Gasteiger partial charge in [0.25, 0.3) is 0 Å². The Morgan fingerprint density at radius 2 is 1.85 bits per heavy atom. The van der Waals surface area contributed by atoms with Crippen LogP contribution < -0.4 is 5.73 Å². The Bertz CT molecular complexity index is 389. The lowest BCUT2D eigenvalue weighted by Crippen LogP contribution is -2.46. The van der Waals surface area contributed by atoms with Crippen LogP contribution in [-0.2, 0) is 5.60 Å². The zero-order chi connectivity index (χ0) is 14.4. The number of nitrogens with zero attached hydrogens (tertiary/aromatic N) is 1. The van der Waals surface area contributed by atoms with E-state index < -0.39 is 5.60 Å². The molecule has 3 nitrogen and oxygen atoms in total. The fourth-order valence-electron chi connectivity index (χ4n) is 3.34. The Labute approximate surface area is 122 Å². The van der Waals surface area contributed by atoms with E-state index in [2.05, 4.69) is 11.9 Å². The molecule has 3 N–H and O–H groups in total. The Hall–Kier alpha value is -0.900. The lowest BCUT2D eigenvalue weighted by molar-refractivity contribution is 0.00897. The van der Waals surface area contributed by atoms with Crippen LogP contribution in [0, 0.1) is 5.92 Å². The van der Waals surface area contributed by atoms with Crippen molar-refractivity contribution >= 4 is 0 Å². The second kappa shape index (κ2) is 7.21. The predicted molar refractivity (Wildman–Crippen MR) is 83.5 cm³/mol. The first-order valence-electron chi connectivity index (χ1n) is 7.80. The molecule has 1 aromatic rings. The molecule has 1 aliphatic rings. The Balaban J connectivity index is 1.94. The Morgan fingerprint density at radius 1 is 1.20 bits per heavy atom. The summed E-state index contributed by atoms with van der Waals surface area (Å²) < 4.78 is 0. The quantitative estimate of drug-likeness (QED) is 0.838. The van der Waals surface area contributed by atoms with Gasteiger partial charge in [-0.25, -0.2) is 0 Å². The number of nitrogens with two attached hydrogens (primary N) is 1. The van der Waals surface area contributed by atoms with E-state index in [9.17, 15) is 5.11 Å². The maximum atomic E-state index is 10.8. The molecule has 112 valence electrons. The molecule has 1 saturated carbocycles. The molecule has 1 atom stereocenters. The largest absolute Gasteiger partial charge is 0.382 e. The van der Waals surface area contributed by atoms with Crippen molar-refractivity contribution in [3.63, 3.8) is 0 Å². The molecular weight excluding hydrogens is 248 g/mol. The Kier molecular flexibility index (Phi) is 5.58. The molecule has 0 aromatic heterocycles. The lowest BCUT2D eigenvalue weighted by Gasteiger charge is -2.34. The molecule has 3 heteroatoms. The maximum absolute atomic E-state index is 10.8. The van der Waals surface area contributed by atoms with Crippen LogP contribution in [-0.4, -0.2) is 36.7 Å². The van der Waals surface area contributed by atoms with Gasteiger partial charge in [-0.05, 0) is 31.4 Å². The van der Waals surface area contributed by atoms with Gasteiger partial charge in [-0.1, -0.05) is 49.6 Å². The zero-order valence-corrected chi connectivity index (χ0v) is 12.6. The fourth-order valence-corrected chi connectivity index (χ4v) is 3.34. The topological polar surface area (TPSA) is 49.5 Å². The summed E-state index contributed by atoms with van der Waals surface area (Å²) in [4.78, 5) is 2.25. The van der Waals surface area contributed by atoms with Gasteiger partial charge in [0.05, 0.1) is 0 Å². The molecule has 0 aliphatic heterocycles. The van der Waals surface area contributed by atoms with Gasteiger partial charge in [0.2, 0.25) is 0 Å². The molecule has 1 aromatic carbocycles. The summed E-state index contributed by atoms with van der Waals surface area (Å²) in [5, 5.41) is 10.8. The number of aliphatic hydroxyl groups is 1. The monoisotopic (exact) mass is 276 g/mol. The van der Waals surface area contributed by atoms with Crippen molar-refractivity contribution in [2.24, 2.45) is 11.7 Å². The molecule has 0 saturated heterocycles. The van der Waals surface area contributed by atoms with Crippen molar-refractivity contribution in [3.8, 4) is 0 Å². The van der Waals surface area contributed by atoms with Crippen molar-refractivity contribution in [2.45, 2.75) is 37.7 Å². The summed E-state index contributed by atoms with van der Waals surface area (Å²) in [6.45, 7) is 1.92. The standard InChI is InChI=1S/C17H28N2O/c1-19(12-15-8-4-2-5-9-15)14-17(20,13-18)16-10-6-3-7-11-16/h3,6-7,10-11,15,20H,2,4-5,8-9,12-14,18H2,1H3. The number of hydrogen-bond acceptors (Lipinski definition) is 3. The van der Waals surface area contributed by atoms with Gasteiger partial charge >= 0.3 is 0 Å².